The minimum absolute atomic E-state index is 0.0650. The first-order chi connectivity index (χ1) is 15.5. The maximum absolute atomic E-state index is 15.1. The molecule has 4 rings (SSSR count). The molecule has 0 unspecified atom stereocenters. The minimum Gasteiger partial charge on any atom is -0.490 e. The van der Waals surface area contributed by atoms with Gasteiger partial charge >= 0.3 is 0 Å². The van der Waals surface area contributed by atoms with Crippen LogP contribution in [0.3, 0.4) is 0 Å². The number of alkyl halides is 1. The van der Waals surface area contributed by atoms with Gasteiger partial charge in [0.25, 0.3) is 0 Å². The van der Waals surface area contributed by atoms with Crippen molar-refractivity contribution in [2.45, 2.75) is 64.7 Å². The fourth-order valence-corrected chi connectivity index (χ4v) is 4.92. The zero-order valence-electron chi connectivity index (χ0n) is 18.5. The van der Waals surface area contributed by atoms with Crippen molar-refractivity contribution in [2.75, 3.05) is 13.3 Å². The van der Waals surface area contributed by atoms with Crippen LogP contribution in [-0.4, -0.2) is 13.3 Å². The van der Waals surface area contributed by atoms with E-state index in [4.69, 9.17) is 9.47 Å². The first kappa shape index (κ1) is 22.9. The number of rotatable bonds is 8. The standard InChI is InChI=1S/C26H30F4O2/c1-2-4-18-13-20-14-19-10-11-21(23(29)25(19)32-26(20)24(30)22(18)28)31-15-17-8-6-16(7-9-17)5-3-12-27/h10-11,13,16-17H,2-9,12,14-15H2,1H3. The Kier molecular flexibility index (Phi) is 7.27. The average molecular weight is 451 g/mol. The lowest BCUT2D eigenvalue weighted by Crippen LogP contribution is -2.20. The minimum atomic E-state index is -1.06. The van der Waals surface area contributed by atoms with E-state index in [1.165, 1.54) is 0 Å². The number of hydrogen-bond acceptors (Lipinski definition) is 2. The molecule has 0 atom stereocenters. The molecule has 1 aliphatic heterocycles. The first-order valence-electron chi connectivity index (χ1n) is 11.7. The lowest BCUT2D eigenvalue weighted by molar-refractivity contribution is 0.171. The molecule has 2 aromatic rings. The normalized spacial score (nSPS) is 19.8. The molecule has 0 saturated heterocycles. The third kappa shape index (κ3) is 4.74. The Labute approximate surface area is 186 Å². The summed E-state index contributed by atoms with van der Waals surface area (Å²) in [6.07, 6.45) is 7.02. The first-order valence-corrected chi connectivity index (χ1v) is 11.7. The van der Waals surface area contributed by atoms with Crippen LogP contribution in [0.2, 0.25) is 0 Å². The van der Waals surface area contributed by atoms with Gasteiger partial charge in [-0.3, -0.25) is 4.39 Å². The van der Waals surface area contributed by atoms with Crippen LogP contribution >= 0.6 is 0 Å². The Morgan fingerprint density at radius 2 is 1.66 bits per heavy atom. The van der Waals surface area contributed by atoms with E-state index in [2.05, 4.69) is 0 Å². The van der Waals surface area contributed by atoms with Gasteiger partial charge in [-0.1, -0.05) is 32.3 Å². The molecule has 2 nitrogen and oxygen atoms in total. The predicted octanol–water partition coefficient (Wildman–Crippen LogP) is 7.69. The van der Waals surface area contributed by atoms with E-state index in [1.807, 2.05) is 6.92 Å². The van der Waals surface area contributed by atoms with Crippen LogP contribution < -0.4 is 9.47 Å². The molecule has 1 aliphatic carbocycles. The highest BCUT2D eigenvalue weighted by Crippen LogP contribution is 2.44. The highest BCUT2D eigenvalue weighted by molar-refractivity contribution is 5.54. The number of halogens is 4. The highest BCUT2D eigenvalue weighted by atomic mass is 19.2. The van der Waals surface area contributed by atoms with Crippen LogP contribution in [0.4, 0.5) is 17.6 Å². The molecule has 1 heterocycles. The lowest BCUT2D eigenvalue weighted by atomic mass is 9.80. The Hall–Kier alpha value is -2.24. The molecule has 0 N–H and O–H groups in total. The quantitative estimate of drug-likeness (QED) is 0.328. The molecule has 0 amide bonds. The van der Waals surface area contributed by atoms with Crippen LogP contribution in [0.15, 0.2) is 18.2 Å². The summed E-state index contributed by atoms with van der Waals surface area (Å²) in [7, 11) is 0. The molecule has 1 saturated carbocycles. The monoisotopic (exact) mass is 450 g/mol. The van der Waals surface area contributed by atoms with Gasteiger partial charge in [-0.25, -0.2) is 4.39 Å². The second-order valence-electron chi connectivity index (χ2n) is 9.08. The van der Waals surface area contributed by atoms with E-state index in [0.29, 0.717) is 54.4 Å². The van der Waals surface area contributed by atoms with Gasteiger partial charge in [0.15, 0.2) is 23.1 Å². The maximum atomic E-state index is 15.1. The van der Waals surface area contributed by atoms with Gasteiger partial charge in [-0.15, -0.1) is 0 Å². The average Bonchev–Trinajstić information content (AvgIpc) is 2.81. The van der Waals surface area contributed by atoms with Gasteiger partial charge in [0.2, 0.25) is 11.6 Å². The Morgan fingerprint density at radius 1 is 0.938 bits per heavy atom. The fraction of sp³-hybridized carbons (Fsp3) is 0.538. The molecular formula is C26H30F4O2. The van der Waals surface area contributed by atoms with Crippen LogP contribution in [0, 0.1) is 29.3 Å². The zero-order valence-corrected chi connectivity index (χ0v) is 18.5. The predicted molar refractivity (Wildman–Crippen MR) is 116 cm³/mol. The zero-order chi connectivity index (χ0) is 22.7. The molecule has 0 spiro atoms. The molecule has 6 heteroatoms. The lowest BCUT2D eigenvalue weighted by Gasteiger charge is -2.28. The highest BCUT2D eigenvalue weighted by Gasteiger charge is 2.29. The Bertz CT molecular complexity index is 952. The van der Waals surface area contributed by atoms with Gasteiger partial charge in [0, 0.05) is 17.5 Å². The van der Waals surface area contributed by atoms with Crippen LogP contribution in [-0.2, 0) is 12.8 Å². The van der Waals surface area contributed by atoms with E-state index < -0.39 is 17.5 Å². The second kappa shape index (κ2) is 10.1. The van der Waals surface area contributed by atoms with Crippen molar-refractivity contribution in [1.82, 2.24) is 0 Å². The molecule has 2 aromatic carbocycles. The van der Waals surface area contributed by atoms with Crippen LogP contribution in [0.25, 0.3) is 0 Å². The van der Waals surface area contributed by atoms with E-state index in [0.717, 1.165) is 32.1 Å². The maximum Gasteiger partial charge on any atom is 0.207 e. The summed E-state index contributed by atoms with van der Waals surface area (Å²) in [6.45, 7) is 2.03. The summed E-state index contributed by atoms with van der Waals surface area (Å²) in [6, 6.07) is 4.93. The summed E-state index contributed by atoms with van der Waals surface area (Å²) in [5.74, 6) is -2.03. The van der Waals surface area contributed by atoms with Crippen molar-refractivity contribution in [3.8, 4) is 17.2 Å². The van der Waals surface area contributed by atoms with Crippen molar-refractivity contribution in [1.29, 1.82) is 0 Å². The third-order valence-corrected chi connectivity index (χ3v) is 6.75. The third-order valence-electron chi connectivity index (χ3n) is 6.75. The molecule has 2 aliphatic rings. The van der Waals surface area contributed by atoms with Crippen LogP contribution in [0.5, 0.6) is 17.2 Å². The Morgan fingerprint density at radius 3 is 2.38 bits per heavy atom. The molecular weight excluding hydrogens is 420 g/mol. The summed E-state index contributed by atoms with van der Waals surface area (Å²) in [4.78, 5) is 0. The summed E-state index contributed by atoms with van der Waals surface area (Å²) >= 11 is 0. The second-order valence-corrected chi connectivity index (χ2v) is 9.08. The van der Waals surface area contributed by atoms with E-state index in [1.54, 1.807) is 18.2 Å². The van der Waals surface area contributed by atoms with Gasteiger partial charge in [0.1, 0.15) is 0 Å². The SMILES string of the molecule is CCCc1cc2c(c(F)c1F)Oc1c(ccc(OCC3CCC(CCCF)CC3)c1F)C2. The van der Waals surface area contributed by atoms with Crippen LogP contribution in [0.1, 0.15) is 68.6 Å². The van der Waals surface area contributed by atoms with Crippen molar-refractivity contribution in [3.05, 3.63) is 52.3 Å². The van der Waals surface area contributed by atoms with Gasteiger partial charge in [-0.05, 0) is 61.6 Å². The van der Waals surface area contributed by atoms with Crippen molar-refractivity contribution >= 4 is 0 Å². The molecule has 0 radical (unpaired) electrons. The van der Waals surface area contributed by atoms with Crippen molar-refractivity contribution < 1.29 is 27.0 Å². The topological polar surface area (TPSA) is 18.5 Å². The molecule has 32 heavy (non-hydrogen) atoms. The van der Waals surface area contributed by atoms with E-state index in [9.17, 15) is 13.2 Å². The largest absolute Gasteiger partial charge is 0.490 e. The van der Waals surface area contributed by atoms with Gasteiger partial charge in [0.05, 0.1) is 13.3 Å². The summed E-state index contributed by atoms with van der Waals surface area (Å²) < 4.78 is 67.8. The molecule has 0 aromatic heterocycles. The molecule has 1 fully saturated rings. The number of hydrogen-bond donors (Lipinski definition) is 0. The number of ether oxygens (including phenoxy) is 2. The van der Waals surface area contributed by atoms with E-state index in [-0.39, 0.29) is 30.3 Å². The van der Waals surface area contributed by atoms with Crippen molar-refractivity contribution in [3.63, 3.8) is 0 Å². The summed E-state index contributed by atoms with van der Waals surface area (Å²) in [5.41, 5.74) is 1.43. The van der Waals surface area contributed by atoms with Gasteiger partial charge < -0.3 is 9.47 Å². The van der Waals surface area contributed by atoms with E-state index >= 15 is 4.39 Å². The number of benzene rings is 2. The smallest absolute Gasteiger partial charge is 0.207 e. The van der Waals surface area contributed by atoms with Crippen molar-refractivity contribution in [2.24, 2.45) is 11.8 Å². The molecule has 174 valence electrons. The fourth-order valence-electron chi connectivity index (χ4n) is 4.92. The number of fused-ring (bicyclic) bond motifs is 2. The number of aryl methyl sites for hydroxylation is 1. The Balaban J connectivity index is 1.43. The summed E-state index contributed by atoms with van der Waals surface area (Å²) in [5, 5.41) is 0. The molecule has 0 bridgehead atoms. The van der Waals surface area contributed by atoms with Gasteiger partial charge in [-0.2, -0.15) is 8.78 Å².